The maximum atomic E-state index is 13.1. The molecular weight excluding hydrogens is 312 g/mol. The van der Waals surface area contributed by atoms with E-state index in [9.17, 15) is 13.6 Å². The van der Waals surface area contributed by atoms with Crippen LogP contribution < -0.4 is 5.56 Å². The molecule has 1 aromatic carbocycles. The lowest BCUT2D eigenvalue weighted by molar-refractivity contribution is -0.0883. The fourth-order valence-corrected chi connectivity index (χ4v) is 3.29. The molecule has 2 heterocycles. The number of alkyl halides is 2. The third-order valence-electron chi connectivity index (χ3n) is 4.67. The van der Waals surface area contributed by atoms with Gasteiger partial charge >= 0.3 is 0 Å². The third-order valence-corrected chi connectivity index (χ3v) is 4.67. The zero-order valence-electron chi connectivity index (χ0n) is 13.4. The smallest absolute Gasteiger partial charge is 0.253 e. The molecule has 0 amide bonds. The van der Waals surface area contributed by atoms with Gasteiger partial charge in [-0.15, -0.1) is 0 Å². The first-order valence-corrected chi connectivity index (χ1v) is 7.87. The van der Waals surface area contributed by atoms with Gasteiger partial charge in [-0.1, -0.05) is 6.07 Å². The Balaban J connectivity index is 1.72. The molecule has 3 aromatic rings. The van der Waals surface area contributed by atoms with Crippen LogP contribution in [0.5, 0.6) is 0 Å². The predicted octanol–water partition coefficient (Wildman–Crippen LogP) is 3.75. The van der Waals surface area contributed by atoms with Gasteiger partial charge in [-0.05, 0) is 36.2 Å². The standard InChI is InChI=1S/C18H17F2N3O/c1-10-5-12(9-23(2)17(10)24)11-3-4-14-15(6-11)22-16(21-14)13-7-18(19,20)8-13/h3-6,9,13H,7-8H2,1-2H3,(H,21,22). The second-order valence-electron chi connectivity index (χ2n) is 6.64. The quantitative estimate of drug-likeness (QED) is 0.778. The number of halogens is 2. The molecule has 6 heteroatoms. The largest absolute Gasteiger partial charge is 0.342 e. The van der Waals surface area contributed by atoms with Crippen LogP contribution in [0.4, 0.5) is 8.78 Å². The summed E-state index contributed by atoms with van der Waals surface area (Å²) in [4.78, 5) is 19.4. The van der Waals surface area contributed by atoms with Crippen molar-refractivity contribution in [3.63, 3.8) is 0 Å². The van der Waals surface area contributed by atoms with Crippen LogP contribution >= 0.6 is 0 Å². The number of H-pyrrole nitrogens is 1. The van der Waals surface area contributed by atoms with Gasteiger partial charge in [0.1, 0.15) is 5.82 Å². The molecule has 0 aliphatic heterocycles. The summed E-state index contributed by atoms with van der Waals surface area (Å²) in [5.74, 6) is -2.12. The number of hydrogen-bond acceptors (Lipinski definition) is 2. The average Bonchev–Trinajstić information content (AvgIpc) is 2.92. The van der Waals surface area contributed by atoms with Crippen molar-refractivity contribution in [1.82, 2.24) is 14.5 Å². The minimum Gasteiger partial charge on any atom is -0.342 e. The molecule has 1 aliphatic carbocycles. The van der Waals surface area contributed by atoms with Gasteiger partial charge in [0.2, 0.25) is 5.92 Å². The minimum atomic E-state index is -2.55. The molecule has 1 saturated carbocycles. The van der Waals surface area contributed by atoms with Gasteiger partial charge in [-0.3, -0.25) is 4.79 Å². The van der Waals surface area contributed by atoms with E-state index in [2.05, 4.69) is 9.97 Å². The van der Waals surface area contributed by atoms with Crippen molar-refractivity contribution in [3.05, 3.63) is 52.2 Å². The first-order valence-electron chi connectivity index (χ1n) is 7.87. The van der Waals surface area contributed by atoms with Gasteiger partial charge in [0.05, 0.1) is 11.0 Å². The van der Waals surface area contributed by atoms with Crippen LogP contribution in [0.1, 0.15) is 30.1 Å². The minimum absolute atomic E-state index is 0.0189. The highest BCUT2D eigenvalue weighted by Gasteiger charge is 2.47. The fourth-order valence-electron chi connectivity index (χ4n) is 3.29. The number of aromatic nitrogens is 3. The highest BCUT2D eigenvalue weighted by molar-refractivity contribution is 5.82. The lowest BCUT2D eigenvalue weighted by Gasteiger charge is -2.33. The average molecular weight is 329 g/mol. The van der Waals surface area contributed by atoms with Gasteiger partial charge in [-0.2, -0.15) is 0 Å². The highest BCUT2D eigenvalue weighted by Crippen LogP contribution is 2.47. The van der Waals surface area contributed by atoms with E-state index in [1.807, 2.05) is 24.3 Å². The summed E-state index contributed by atoms with van der Waals surface area (Å²) in [5, 5.41) is 0. The number of fused-ring (bicyclic) bond motifs is 1. The number of pyridine rings is 1. The Hall–Kier alpha value is -2.50. The molecule has 1 N–H and O–H groups in total. The monoisotopic (exact) mass is 329 g/mol. The summed E-state index contributed by atoms with van der Waals surface area (Å²) >= 11 is 0. The molecule has 0 bridgehead atoms. The van der Waals surface area contributed by atoms with E-state index >= 15 is 0 Å². The molecule has 124 valence electrons. The van der Waals surface area contributed by atoms with E-state index in [4.69, 9.17) is 0 Å². The Morgan fingerprint density at radius 3 is 2.67 bits per heavy atom. The Kier molecular flexibility index (Phi) is 3.13. The maximum Gasteiger partial charge on any atom is 0.253 e. The molecule has 2 aromatic heterocycles. The number of nitrogens with zero attached hydrogens (tertiary/aromatic N) is 2. The van der Waals surface area contributed by atoms with Crippen LogP contribution in [0.2, 0.25) is 0 Å². The summed E-state index contributed by atoms with van der Waals surface area (Å²) in [7, 11) is 1.72. The van der Waals surface area contributed by atoms with Crippen molar-refractivity contribution < 1.29 is 8.78 Å². The molecule has 0 unspecified atom stereocenters. The highest BCUT2D eigenvalue weighted by atomic mass is 19.3. The molecule has 1 fully saturated rings. The molecule has 0 spiro atoms. The zero-order chi connectivity index (χ0) is 17.1. The van der Waals surface area contributed by atoms with E-state index in [-0.39, 0.29) is 24.3 Å². The maximum absolute atomic E-state index is 13.1. The van der Waals surface area contributed by atoms with Crippen molar-refractivity contribution in [3.8, 4) is 11.1 Å². The number of imidazole rings is 1. The van der Waals surface area contributed by atoms with Crippen LogP contribution in [0, 0.1) is 6.92 Å². The number of aryl methyl sites for hydroxylation is 2. The summed E-state index contributed by atoms with van der Waals surface area (Å²) in [6, 6.07) is 7.61. The van der Waals surface area contributed by atoms with Crippen molar-refractivity contribution in [2.45, 2.75) is 31.6 Å². The zero-order valence-corrected chi connectivity index (χ0v) is 13.4. The Morgan fingerprint density at radius 2 is 2.00 bits per heavy atom. The lowest BCUT2D eigenvalue weighted by atomic mass is 9.81. The molecule has 0 saturated heterocycles. The normalized spacial score (nSPS) is 17.2. The van der Waals surface area contributed by atoms with Crippen LogP contribution in [0.25, 0.3) is 22.2 Å². The van der Waals surface area contributed by atoms with Crippen LogP contribution in [-0.4, -0.2) is 20.5 Å². The van der Waals surface area contributed by atoms with Gasteiger partial charge in [0, 0.05) is 37.6 Å². The number of benzene rings is 1. The van der Waals surface area contributed by atoms with Crippen molar-refractivity contribution in [2.75, 3.05) is 0 Å². The molecule has 4 nitrogen and oxygen atoms in total. The second-order valence-corrected chi connectivity index (χ2v) is 6.64. The van der Waals surface area contributed by atoms with E-state index < -0.39 is 5.92 Å². The van der Waals surface area contributed by atoms with E-state index in [1.54, 1.807) is 24.7 Å². The first-order chi connectivity index (χ1) is 11.3. The Morgan fingerprint density at radius 1 is 1.25 bits per heavy atom. The summed E-state index contributed by atoms with van der Waals surface area (Å²) < 4.78 is 27.7. The van der Waals surface area contributed by atoms with E-state index in [1.165, 1.54) is 0 Å². The Labute approximate surface area is 137 Å². The Bertz CT molecular complexity index is 969. The number of hydrogen-bond donors (Lipinski definition) is 1. The van der Waals surface area contributed by atoms with Crippen LogP contribution in [0.3, 0.4) is 0 Å². The van der Waals surface area contributed by atoms with Gasteiger partial charge in [-0.25, -0.2) is 13.8 Å². The van der Waals surface area contributed by atoms with E-state index in [0.29, 0.717) is 11.4 Å². The topological polar surface area (TPSA) is 50.7 Å². The summed E-state index contributed by atoms with van der Waals surface area (Å²) in [6.45, 7) is 1.79. The van der Waals surface area contributed by atoms with Gasteiger partial charge in [0.25, 0.3) is 5.56 Å². The first kappa shape index (κ1) is 15.1. The molecule has 0 radical (unpaired) electrons. The van der Waals surface area contributed by atoms with Gasteiger partial charge in [0.15, 0.2) is 0 Å². The lowest BCUT2D eigenvalue weighted by Crippen LogP contribution is -2.34. The van der Waals surface area contributed by atoms with Gasteiger partial charge < -0.3 is 9.55 Å². The second kappa shape index (κ2) is 5.00. The third kappa shape index (κ3) is 2.42. The summed E-state index contributed by atoms with van der Waals surface area (Å²) in [5.41, 5.74) is 4.14. The van der Waals surface area contributed by atoms with Crippen molar-refractivity contribution >= 4 is 11.0 Å². The number of aromatic amines is 1. The summed E-state index contributed by atoms with van der Waals surface area (Å²) in [6.07, 6.45) is 1.51. The van der Waals surface area contributed by atoms with Crippen molar-refractivity contribution in [1.29, 1.82) is 0 Å². The number of nitrogens with one attached hydrogen (secondary N) is 1. The molecule has 4 rings (SSSR count). The fraction of sp³-hybridized carbons (Fsp3) is 0.333. The van der Waals surface area contributed by atoms with E-state index in [0.717, 1.165) is 22.2 Å². The van der Waals surface area contributed by atoms with Crippen molar-refractivity contribution in [2.24, 2.45) is 7.05 Å². The molecule has 1 aliphatic rings. The SMILES string of the molecule is Cc1cc(-c2ccc3nc(C4CC(F)(F)C4)[nH]c3c2)cn(C)c1=O. The number of rotatable bonds is 2. The van der Waals surface area contributed by atoms with Crippen LogP contribution in [-0.2, 0) is 7.05 Å². The van der Waals surface area contributed by atoms with Crippen LogP contribution in [0.15, 0.2) is 35.3 Å². The molecule has 24 heavy (non-hydrogen) atoms. The predicted molar refractivity (Wildman–Crippen MR) is 88.4 cm³/mol. The molecule has 0 atom stereocenters. The molecular formula is C18H17F2N3O.